The van der Waals surface area contributed by atoms with Gasteiger partial charge in [-0.05, 0) is 68.7 Å². The molecule has 0 aliphatic carbocycles. The molecule has 0 aromatic heterocycles. The third-order valence-corrected chi connectivity index (χ3v) is 7.78. The molecule has 3 aromatic rings. The van der Waals surface area contributed by atoms with Gasteiger partial charge in [0.15, 0.2) is 0 Å². The lowest BCUT2D eigenvalue weighted by Gasteiger charge is -2.33. The molecule has 2 unspecified atom stereocenters. The van der Waals surface area contributed by atoms with Crippen LogP contribution in [0.1, 0.15) is 44.7 Å². The number of rotatable bonds is 13. The Morgan fingerprint density at radius 1 is 0.875 bits per heavy atom. The van der Waals surface area contributed by atoms with Crippen molar-refractivity contribution in [3.8, 4) is 11.5 Å². The number of sulfonamides is 1. The van der Waals surface area contributed by atoms with E-state index in [0.29, 0.717) is 23.6 Å². The van der Waals surface area contributed by atoms with Crippen molar-refractivity contribution in [1.29, 1.82) is 0 Å². The predicted octanol–water partition coefficient (Wildman–Crippen LogP) is 5.28. The van der Waals surface area contributed by atoms with Crippen molar-refractivity contribution in [2.24, 2.45) is 0 Å². The largest absolute Gasteiger partial charge is 0.457 e. The summed E-state index contributed by atoms with van der Waals surface area (Å²) < 4.78 is 32.6. The highest BCUT2D eigenvalue weighted by atomic mass is 32.2. The second kappa shape index (κ2) is 14.0. The number of hydrogen-bond acceptors (Lipinski definition) is 5. The predicted molar refractivity (Wildman–Crippen MR) is 159 cm³/mol. The first-order chi connectivity index (χ1) is 19.0. The fraction of sp³-hybridized carbons (Fsp3) is 0.355. The average molecular weight is 566 g/mol. The number of aryl methyl sites for hydroxylation is 1. The molecule has 0 bridgehead atoms. The zero-order chi connectivity index (χ0) is 29.3. The molecule has 0 heterocycles. The van der Waals surface area contributed by atoms with Gasteiger partial charge in [-0.25, -0.2) is 8.42 Å². The third kappa shape index (κ3) is 8.58. The third-order valence-electron chi connectivity index (χ3n) is 6.64. The normalized spacial score (nSPS) is 12.7. The van der Waals surface area contributed by atoms with Crippen molar-refractivity contribution in [3.63, 3.8) is 0 Å². The molecular formula is C31H39N3O5S. The average Bonchev–Trinajstić information content (AvgIpc) is 2.93. The van der Waals surface area contributed by atoms with Gasteiger partial charge in [0.05, 0.1) is 11.9 Å². The summed E-state index contributed by atoms with van der Waals surface area (Å²) in [5.74, 6) is 0.453. The molecule has 0 saturated carbocycles. The second-order valence-corrected chi connectivity index (χ2v) is 11.8. The molecule has 0 aliphatic rings. The number of nitrogens with one attached hydrogen (secondary N) is 1. The topological polar surface area (TPSA) is 96.0 Å². The molecule has 0 radical (unpaired) electrons. The van der Waals surface area contributed by atoms with Gasteiger partial charge in [0.25, 0.3) is 0 Å². The fourth-order valence-corrected chi connectivity index (χ4v) is 5.02. The van der Waals surface area contributed by atoms with E-state index in [1.165, 1.54) is 4.90 Å². The number of benzene rings is 3. The Balaban J connectivity index is 1.89. The van der Waals surface area contributed by atoms with Crippen LogP contribution in [0, 0.1) is 6.92 Å². The minimum absolute atomic E-state index is 0.0537. The van der Waals surface area contributed by atoms with Crippen LogP contribution < -0.4 is 14.4 Å². The van der Waals surface area contributed by atoms with E-state index in [4.69, 9.17) is 4.74 Å². The summed E-state index contributed by atoms with van der Waals surface area (Å²) in [7, 11) is -3.83. The fourth-order valence-electron chi connectivity index (χ4n) is 4.17. The summed E-state index contributed by atoms with van der Waals surface area (Å²) in [5, 5.41) is 2.97. The van der Waals surface area contributed by atoms with Crippen molar-refractivity contribution in [2.45, 2.75) is 59.2 Å². The van der Waals surface area contributed by atoms with Gasteiger partial charge >= 0.3 is 0 Å². The van der Waals surface area contributed by atoms with Crippen LogP contribution in [-0.2, 0) is 26.2 Å². The lowest BCUT2D eigenvalue weighted by Crippen LogP contribution is -2.53. The van der Waals surface area contributed by atoms with Crippen LogP contribution in [0.5, 0.6) is 11.5 Å². The van der Waals surface area contributed by atoms with Crippen LogP contribution >= 0.6 is 0 Å². The van der Waals surface area contributed by atoms with Gasteiger partial charge in [0.2, 0.25) is 21.8 Å². The molecular weight excluding hydrogens is 526 g/mol. The van der Waals surface area contributed by atoms with E-state index in [-0.39, 0.29) is 18.5 Å². The van der Waals surface area contributed by atoms with E-state index in [1.54, 1.807) is 24.3 Å². The van der Waals surface area contributed by atoms with Crippen LogP contribution in [0.25, 0.3) is 0 Å². The molecule has 0 saturated heterocycles. The minimum atomic E-state index is -3.83. The maximum atomic E-state index is 13.8. The Hall–Kier alpha value is -3.85. The Morgan fingerprint density at radius 2 is 1.48 bits per heavy atom. The number of para-hydroxylation sites is 1. The van der Waals surface area contributed by atoms with Crippen LogP contribution in [0.3, 0.4) is 0 Å². The highest BCUT2D eigenvalue weighted by Gasteiger charge is 2.32. The Labute approximate surface area is 238 Å². The summed E-state index contributed by atoms with van der Waals surface area (Å²) in [6, 6.07) is 22.7. The summed E-state index contributed by atoms with van der Waals surface area (Å²) in [4.78, 5) is 28.5. The van der Waals surface area contributed by atoms with Gasteiger partial charge in [-0.3, -0.25) is 13.9 Å². The molecule has 214 valence electrons. The van der Waals surface area contributed by atoms with Crippen molar-refractivity contribution >= 4 is 27.5 Å². The summed E-state index contributed by atoms with van der Waals surface area (Å²) in [6.07, 6.45) is 2.19. The molecule has 8 nitrogen and oxygen atoms in total. The van der Waals surface area contributed by atoms with Crippen LogP contribution in [0.2, 0.25) is 0 Å². The van der Waals surface area contributed by atoms with Gasteiger partial charge < -0.3 is 15.0 Å². The van der Waals surface area contributed by atoms with Gasteiger partial charge in [0, 0.05) is 12.6 Å². The quantitative estimate of drug-likeness (QED) is 0.304. The number of hydrogen-bond donors (Lipinski definition) is 1. The molecule has 1 N–H and O–H groups in total. The highest BCUT2D eigenvalue weighted by molar-refractivity contribution is 7.92. The molecule has 9 heteroatoms. The van der Waals surface area contributed by atoms with Crippen molar-refractivity contribution < 1.29 is 22.7 Å². The molecule has 2 atom stereocenters. The maximum absolute atomic E-state index is 13.8. The molecule has 3 rings (SSSR count). The molecule has 0 aliphatic heterocycles. The lowest BCUT2D eigenvalue weighted by atomic mass is 10.1. The minimum Gasteiger partial charge on any atom is -0.457 e. The molecule has 0 fully saturated rings. The van der Waals surface area contributed by atoms with Crippen LogP contribution in [0.15, 0.2) is 78.9 Å². The summed E-state index contributed by atoms with van der Waals surface area (Å²) in [6.45, 7) is 7.43. The smallest absolute Gasteiger partial charge is 0.244 e. The first-order valence-corrected chi connectivity index (χ1v) is 15.3. The van der Waals surface area contributed by atoms with E-state index in [2.05, 4.69) is 5.32 Å². The van der Waals surface area contributed by atoms with E-state index in [1.807, 2.05) is 82.3 Å². The first-order valence-electron chi connectivity index (χ1n) is 13.5. The van der Waals surface area contributed by atoms with Crippen molar-refractivity contribution in [2.75, 3.05) is 17.1 Å². The Morgan fingerprint density at radius 3 is 2.02 bits per heavy atom. The number of carbonyl (C=O) groups is 2. The van der Waals surface area contributed by atoms with Gasteiger partial charge in [-0.1, -0.05) is 61.9 Å². The number of carbonyl (C=O) groups excluding carboxylic acids is 2. The first kappa shape index (κ1) is 30.7. The molecule has 0 spiro atoms. The zero-order valence-corrected chi connectivity index (χ0v) is 24.6. The zero-order valence-electron chi connectivity index (χ0n) is 23.8. The van der Waals surface area contributed by atoms with E-state index >= 15 is 0 Å². The number of anilines is 1. The highest BCUT2D eigenvalue weighted by Crippen LogP contribution is 2.26. The Kier molecular flexibility index (Phi) is 10.7. The summed E-state index contributed by atoms with van der Waals surface area (Å²) >= 11 is 0. The van der Waals surface area contributed by atoms with Gasteiger partial charge in [-0.2, -0.15) is 0 Å². The van der Waals surface area contributed by atoms with Crippen LogP contribution in [-0.4, -0.2) is 50.0 Å². The number of amides is 2. The van der Waals surface area contributed by atoms with E-state index in [9.17, 15) is 18.0 Å². The monoisotopic (exact) mass is 565 g/mol. The molecule has 3 aromatic carbocycles. The van der Waals surface area contributed by atoms with Gasteiger partial charge in [0.1, 0.15) is 24.1 Å². The SMILES string of the molecule is CCC(C)NC(=O)C(CC)N(Cc1ccc(C)cc1)C(=O)CN(c1ccc(Oc2ccccc2)cc1)S(C)(=O)=O. The van der Waals surface area contributed by atoms with E-state index < -0.39 is 28.5 Å². The lowest BCUT2D eigenvalue weighted by molar-refractivity contribution is -0.140. The standard InChI is InChI=1S/C31H39N3O5S/c1-6-24(4)32-31(36)29(7-2)33(21-25-15-13-23(3)14-16-25)30(35)22-34(40(5,37)38)26-17-19-28(20-18-26)39-27-11-9-8-10-12-27/h8-20,24,29H,6-7,21-22H2,1-5H3,(H,32,36). The number of ether oxygens (including phenoxy) is 1. The molecule has 40 heavy (non-hydrogen) atoms. The molecule has 2 amide bonds. The maximum Gasteiger partial charge on any atom is 0.244 e. The van der Waals surface area contributed by atoms with Crippen molar-refractivity contribution in [3.05, 3.63) is 90.0 Å². The van der Waals surface area contributed by atoms with Crippen molar-refractivity contribution in [1.82, 2.24) is 10.2 Å². The van der Waals surface area contributed by atoms with E-state index in [0.717, 1.165) is 28.1 Å². The Bertz CT molecular complexity index is 1360. The van der Waals surface area contributed by atoms with Gasteiger partial charge in [-0.15, -0.1) is 0 Å². The number of nitrogens with zero attached hydrogens (tertiary/aromatic N) is 2. The van der Waals surface area contributed by atoms with Crippen LogP contribution in [0.4, 0.5) is 5.69 Å². The summed E-state index contributed by atoms with van der Waals surface area (Å²) in [5.41, 5.74) is 2.25. The second-order valence-electron chi connectivity index (χ2n) is 9.93.